The Hall–Kier alpha value is -2.89. The van der Waals surface area contributed by atoms with Crippen molar-refractivity contribution in [2.24, 2.45) is 5.92 Å². The fraction of sp³-hybridized carbons (Fsp3) is 0.316. The highest BCUT2D eigenvalue weighted by atomic mass is 16.5. The van der Waals surface area contributed by atoms with Crippen molar-refractivity contribution >= 4 is 5.91 Å². The number of carbonyl (C=O) groups excluding carboxylic acids is 1. The maximum absolute atomic E-state index is 12.0. The molecule has 25 heavy (non-hydrogen) atoms. The molecule has 1 aliphatic carbocycles. The number of benzene rings is 1. The number of furan rings is 1. The van der Waals surface area contributed by atoms with Gasteiger partial charge in [-0.3, -0.25) is 4.79 Å². The maximum atomic E-state index is 12.0. The van der Waals surface area contributed by atoms with Crippen LogP contribution in [0.5, 0.6) is 0 Å². The fourth-order valence-corrected chi connectivity index (χ4v) is 3.00. The van der Waals surface area contributed by atoms with Crippen LogP contribution in [0.1, 0.15) is 30.2 Å². The average Bonchev–Trinajstić information content (AvgIpc) is 3.02. The van der Waals surface area contributed by atoms with E-state index in [1.54, 1.807) is 18.6 Å². The van der Waals surface area contributed by atoms with Crippen molar-refractivity contribution in [3.8, 4) is 11.4 Å². The number of hydrogen-bond acceptors (Lipinski definition) is 5. The smallest absolute Gasteiger partial charge is 0.227 e. The predicted molar refractivity (Wildman–Crippen MR) is 90.6 cm³/mol. The summed E-state index contributed by atoms with van der Waals surface area (Å²) in [5.74, 6) is 2.08. The van der Waals surface area contributed by atoms with Gasteiger partial charge in [0.1, 0.15) is 6.26 Å². The third-order valence-corrected chi connectivity index (χ3v) is 4.53. The minimum absolute atomic E-state index is 0.0155. The highest BCUT2D eigenvalue weighted by molar-refractivity contribution is 5.76. The van der Waals surface area contributed by atoms with Crippen LogP contribution in [-0.4, -0.2) is 22.6 Å². The zero-order chi connectivity index (χ0) is 17.1. The van der Waals surface area contributed by atoms with Crippen LogP contribution in [0.2, 0.25) is 0 Å². The summed E-state index contributed by atoms with van der Waals surface area (Å²) < 4.78 is 10.2. The molecule has 1 N–H and O–H groups in total. The third-order valence-electron chi connectivity index (χ3n) is 4.53. The lowest BCUT2D eigenvalue weighted by Gasteiger charge is -2.04. The standard InChI is InChI=1S/C19H19N3O3/c23-17(20-11-15-10-16(15)13-4-2-1-3-5-13)6-7-18-21-19(22-25-18)14-8-9-24-12-14/h1-5,8-9,12,15-16H,6-7,10-11H2,(H,20,23)/t15-,16-/m1/s1. The highest BCUT2D eigenvalue weighted by Gasteiger charge is 2.37. The molecule has 0 saturated heterocycles. The van der Waals surface area contributed by atoms with Gasteiger partial charge in [-0.15, -0.1) is 0 Å². The van der Waals surface area contributed by atoms with E-state index in [1.165, 1.54) is 5.56 Å². The predicted octanol–water partition coefficient (Wildman–Crippen LogP) is 3.18. The molecule has 4 rings (SSSR count). The number of hydrogen-bond donors (Lipinski definition) is 1. The van der Waals surface area contributed by atoms with E-state index in [2.05, 4.69) is 39.7 Å². The van der Waals surface area contributed by atoms with Crippen molar-refractivity contribution in [3.63, 3.8) is 0 Å². The van der Waals surface area contributed by atoms with Gasteiger partial charge in [-0.2, -0.15) is 4.98 Å². The Labute approximate surface area is 145 Å². The number of nitrogens with one attached hydrogen (secondary N) is 1. The van der Waals surface area contributed by atoms with E-state index in [0.717, 1.165) is 18.5 Å². The zero-order valence-electron chi connectivity index (χ0n) is 13.7. The molecule has 1 aliphatic rings. The summed E-state index contributed by atoms with van der Waals surface area (Å²) in [6.07, 6.45) is 5.03. The number of aryl methyl sites for hydroxylation is 1. The summed E-state index contributed by atoms with van der Waals surface area (Å²) in [5.41, 5.74) is 2.12. The Bertz CT molecular complexity index is 827. The van der Waals surface area contributed by atoms with Crippen LogP contribution in [-0.2, 0) is 11.2 Å². The van der Waals surface area contributed by atoms with Crippen molar-refractivity contribution in [2.75, 3.05) is 6.54 Å². The van der Waals surface area contributed by atoms with E-state index in [0.29, 0.717) is 36.4 Å². The molecule has 0 bridgehead atoms. The molecule has 1 amide bonds. The van der Waals surface area contributed by atoms with Gasteiger partial charge in [-0.1, -0.05) is 35.5 Å². The summed E-state index contributed by atoms with van der Waals surface area (Å²) >= 11 is 0. The van der Waals surface area contributed by atoms with E-state index in [-0.39, 0.29) is 5.91 Å². The molecule has 3 aromatic rings. The summed E-state index contributed by atoms with van der Waals surface area (Å²) in [4.78, 5) is 16.3. The lowest BCUT2D eigenvalue weighted by atomic mass is 10.1. The van der Waals surface area contributed by atoms with Crippen LogP contribution in [0.4, 0.5) is 0 Å². The monoisotopic (exact) mass is 337 g/mol. The van der Waals surface area contributed by atoms with Crippen LogP contribution >= 0.6 is 0 Å². The molecular weight excluding hydrogens is 318 g/mol. The van der Waals surface area contributed by atoms with Gasteiger partial charge in [-0.05, 0) is 29.9 Å². The van der Waals surface area contributed by atoms with E-state index in [4.69, 9.17) is 8.94 Å². The Morgan fingerprint density at radius 2 is 2.12 bits per heavy atom. The van der Waals surface area contributed by atoms with Crippen molar-refractivity contribution in [2.45, 2.75) is 25.2 Å². The van der Waals surface area contributed by atoms with Crippen LogP contribution < -0.4 is 5.32 Å². The average molecular weight is 337 g/mol. The molecule has 1 saturated carbocycles. The number of rotatable bonds is 7. The van der Waals surface area contributed by atoms with E-state index in [1.807, 2.05) is 6.07 Å². The van der Waals surface area contributed by atoms with Gasteiger partial charge >= 0.3 is 0 Å². The van der Waals surface area contributed by atoms with Crippen molar-refractivity contribution in [3.05, 3.63) is 60.4 Å². The largest absolute Gasteiger partial charge is 0.472 e. The van der Waals surface area contributed by atoms with Gasteiger partial charge in [0.15, 0.2) is 0 Å². The van der Waals surface area contributed by atoms with Gasteiger partial charge in [0.25, 0.3) is 0 Å². The van der Waals surface area contributed by atoms with Gasteiger partial charge < -0.3 is 14.3 Å². The second kappa shape index (κ2) is 6.93. The minimum atomic E-state index is 0.0155. The van der Waals surface area contributed by atoms with E-state index in [9.17, 15) is 4.79 Å². The first kappa shape index (κ1) is 15.6. The molecule has 0 unspecified atom stereocenters. The molecule has 6 nitrogen and oxygen atoms in total. The first-order chi connectivity index (χ1) is 12.3. The summed E-state index contributed by atoms with van der Waals surface area (Å²) in [5, 5.41) is 6.89. The summed E-state index contributed by atoms with van der Waals surface area (Å²) in [6, 6.07) is 12.2. The molecule has 2 aromatic heterocycles. The molecule has 1 fully saturated rings. The third kappa shape index (κ3) is 3.79. The zero-order valence-corrected chi connectivity index (χ0v) is 13.7. The van der Waals surface area contributed by atoms with Crippen molar-refractivity contribution in [1.82, 2.24) is 15.5 Å². The number of carbonyl (C=O) groups is 1. The molecule has 2 heterocycles. The molecule has 0 radical (unpaired) electrons. The van der Waals surface area contributed by atoms with Crippen molar-refractivity contribution < 1.29 is 13.7 Å². The topological polar surface area (TPSA) is 81.2 Å². The Morgan fingerprint density at radius 1 is 1.24 bits per heavy atom. The quantitative estimate of drug-likeness (QED) is 0.716. The number of aromatic nitrogens is 2. The molecule has 128 valence electrons. The number of nitrogens with zero attached hydrogens (tertiary/aromatic N) is 2. The van der Waals surface area contributed by atoms with Gasteiger partial charge in [-0.25, -0.2) is 0 Å². The first-order valence-corrected chi connectivity index (χ1v) is 8.46. The Morgan fingerprint density at radius 3 is 2.92 bits per heavy atom. The van der Waals surface area contributed by atoms with Gasteiger partial charge in [0.2, 0.25) is 17.6 Å². The lowest BCUT2D eigenvalue weighted by Crippen LogP contribution is -2.26. The fourth-order valence-electron chi connectivity index (χ4n) is 3.00. The molecule has 0 aliphatic heterocycles. The molecular formula is C19H19N3O3. The van der Waals surface area contributed by atoms with Gasteiger partial charge in [0.05, 0.1) is 11.8 Å². The summed E-state index contributed by atoms with van der Waals surface area (Å²) in [7, 11) is 0. The number of amides is 1. The lowest BCUT2D eigenvalue weighted by molar-refractivity contribution is -0.121. The normalized spacial score (nSPS) is 18.9. The van der Waals surface area contributed by atoms with Crippen molar-refractivity contribution in [1.29, 1.82) is 0 Å². The second-order valence-corrected chi connectivity index (χ2v) is 6.34. The minimum Gasteiger partial charge on any atom is -0.472 e. The first-order valence-electron chi connectivity index (χ1n) is 8.46. The Balaban J connectivity index is 1.20. The second-order valence-electron chi connectivity index (χ2n) is 6.34. The SMILES string of the molecule is O=C(CCc1nc(-c2ccoc2)no1)NC[C@H]1C[C@@H]1c1ccccc1. The van der Waals surface area contributed by atoms with Gasteiger partial charge in [0, 0.05) is 19.4 Å². The van der Waals surface area contributed by atoms with Crippen LogP contribution in [0.25, 0.3) is 11.4 Å². The summed E-state index contributed by atoms with van der Waals surface area (Å²) in [6.45, 7) is 0.725. The molecule has 2 atom stereocenters. The van der Waals surface area contributed by atoms with Crippen LogP contribution in [0, 0.1) is 5.92 Å². The molecule has 0 spiro atoms. The van der Waals surface area contributed by atoms with E-state index >= 15 is 0 Å². The molecule has 6 heteroatoms. The van der Waals surface area contributed by atoms with Crippen LogP contribution in [0.3, 0.4) is 0 Å². The Kier molecular flexibility index (Phi) is 4.33. The maximum Gasteiger partial charge on any atom is 0.227 e. The molecule has 1 aromatic carbocycles. The van der Waals surface area contributed by atoms with E-state index < -0.39 is 0 Å². The highest BCUT2D eigenvalue weighted by Crippen LogP contribution is 2.46. The van der Waals surface area contributed by atoms with Crippen LogP contribution in [0.15, 0.2) is 57.9 Å².